The number of benzene rings is 3. The predicted octanol–water partition coefficient (Wildman–Crippen LogP) is 6.99. The Labute approximate surface area is 200 Å². The van der Waals surface area contributed by atoms with Crippen LogP contribution in [0.2, 0.25) is 5.02 Å². The van der Waals surface area contributed by atoms with Crippen molar-refractivity contribution < 1.29 is 14.7 Å². The highest BCUT2D eigenvalue weighted by atomic mass is 35.5. The molecule has 0 saturated heterocycles. The molecule has 0 saturated carbocycles. The Kier molecular flexibility index (Phi) is 5.79. The first kappa shape index (κ1) is 21.5. The number of aromatic carboxylic acids is 1. The Morgan fingerprint density at radius 1 is 1.03 bits per heavy atom. The lowest BCUT2D eigenvalue weighted by Crippen LogP contribution is -2.18. The van der Waals surface area contributed by atoms with Crippen LogP contribution < -0.4 is 10.6 Å². The molecule has 7 heteroatoms. The van der Waals surface area contributed by atoms with Gasteiger partial charge in [-0.25, -0.2) is 4.79 Å². The predicted molar refractivity (Wildman–Crippen MR) is 134 cm³/mol. The molecule has 3 aromatic carbocycles. The molecule has 1 aliphatic carbocycles. The van der Waals surface area contributed by atoms with E-state index in [1.54, 1.807) is 12.1 Å². The number of hydrogen-bond donors (Lipinski definition) is 3. The Hall–Kier alpha value is -3.35. The number of carboxylic acid groups (broad SMARTS) is 1. The van der Waals surface area contributed by atoms with Crippen LogP contribution in [-0.4, -0.2) is 17.0 Å². The molecular weight excluding hydrogens is 456 g/mol. The second kappa shape index (κ2) is 8.89. The number of carboxylic acids is 1. The standard InChI is InChI=1S/C26H21ClN2O3S/c27-23-19-9-3-4-11-22(19)33-24(23)25(30)29-21-14-16(12-13-18(21)26(31)32)28-20-10-5-7-15-6-1-2-8-17(15)20/h1-4,6,8-9,11-14,20,28H,5,7,10H2,(H,29,30)(H,31,32). The molecule has 33 heavy (non-hydrogen) atoms. The number of rotatable bonds is 5. The first-order chi connectivity index (χ1) is 16.0. The molecule has 1 aromatic heterocycles. The molecule has 1 atom stereocenters. The van der Waals surface area contributed by atoms with E-state index in [-0.39, 0.29) is 17.3 Å². The van der Waals surface area contributed by atoms with E-state index < -0.39 is 11.9 Å². The number of carbonyl (C=O) groups excluding carboxylic acids is 1. The third-order valence-corrected chi connectivity index (χ3v) is 7.62. The minimum absolute atomic E-state index is 0.0233. The number of fused-ring (bicyclic) bond motifs is 2. The van der Waals surface area contributed by atoms with Gasteiger partial charge in [-0.3, -0.25) is 4.79 Å². The number of carbonyl (C=O) groups is 2. The van der Waals surface area contributed by atoms with Gasteiger partial charge >= 0.3 is 5.97 Å². The lowest BCUT2D eigenvalue weighted by molar-refractivity contribution is 0.0698. The lowest BCUT2D eigenvalue weighted by atomic mass is 9.87. The molecule has 1 heterocycles. The topological polar surface area (TPSA) is 78.4 Å². The fraction of sp³-hybridized carbons (Fsp3) is 0.154. The van der Waals surface area contributed by atoms with Gasteiger partial charge in [0.1, 0.15) is 4.88 Å². The zero-order chi connectivity index (χ0) is 22.9. The molecule has 1 amide bonds. The molecule has 4 aromatic rings. The molecular formula is C26H21ClN2O3S. The maximum Gasteiger partial charge on any atom is 0.337 e. The van der Waals surface area contributed by atoms with Crippen molar-refractivity contribution in [3.63, 3.8) is 0 Å². The highest BCUT2D eigenvalue weighted by molar-refractivity contribution is 7.21. The molecule has 1 aliphatic rings. The second-order valence-electron chi connectivity index (χ2n) is 8.05. The molecule has 0 fully saturated rings. The summed E-state index contributed by atoms with van der Waals surface area (Å²) >= 11 is 7.73. The maximum atomic E-state index is 13.0. The SMILES string of the molecule is O=C(O)c1ccc(NC2CCCc3ccccc32)cc1NC(=O)c1sc2ccccc2c1Cl. The maximum absolute atomic E-state index is 13.0. The van der Waals surface area contributed by atoms with Crippen molar-refractivity contribution in [1.82, 2.24) is 0 Å². The van der Waals surface area contributed by atoms with Crippen LogP contribution in [0.5, 0.6) is 0 Å². The molecule has 1 unspecified atom stereocenters. The number of amides is 1. The summed E-state index contributed by atoms with van der Waals surface area (Å²) in [6.07, 6.45) is 3.12. The number of hydrogen-bond acceptors (Lipinski definition) is 4. The summed E-state index contributed by atoms with van der Waals surface area (Å²) in [6, 6.07) is 20.9. The largest absolute Gasteiger partial charge is 0.478 e. The zero-order valence-corrected chi connectivity index (χ0v) is 19.2. The summed E-state index contributed by atoms with van der Waals surface area (Å²) in [6.45, 7) is 0. The Morgan fingerprint density at radius 3 is 2.64 bits per heavy atom. The molecule has 5 nitrogen and oxygen atoms in total. The molecule has 0 spiro atoms. The van der Waals surface area contributed by atoms with Crippen LogP contribution in [0.15, 0.2) is 66.7 Å². The van der Waals surface area contributed by atoms with Crippen molar-refractivity contribution in [3.05, 3.63) is 93.3 Å². The van der Waals surface area contributed by atoms with Gasteiger partial charge in [-0.15, -0.1) is 11.3 Å². The van der Waals surface area contributed by atoms with Crippen LogP contribution in [0.3, 0.4) is 0 Å². The number of aryl methyl sites for hydroxylation is 1. The summed E-state index contributed by atoms with van der Waals surface area (Å²) in [4.78, 5) is 25.2. The van der Waals surface area contributed by atoms with E-state index in [9.17, 15) is 14.7 Å². The Balaban J connectivity index is 1.44. The minimum Gasteiger partial charge on any atom is -0.478 e. The van der Waals surface area contributed by atoms with Crippen molar-refractivity contribution in [2.24, 2.45) is 0 Å². The average Bonchev–Trinajstić information content (AvgIpc) is 3.16. The van der Waals surface area contributed by atoms with Crippen molar-refractivity contribution in [2.75, 3.05) is 10.6 Å². The van der Waals surface area contributed by atoms with Crippen LogP contribution in [0.4, 0.5) is 11.4 Å². The average molecular weight is 477 g/mol. The van der Waals surface area contributed by atoms with E-state index in [0.717, 1.165) is 35.0 Å². The van der Waals surface area contributed by atoms with Crippen molar-refractivity contribution in [3.8, 4) is 0 Å². The van der Waals surface area contributed by atoms with E-state index in [1.807, 2.05) is 30.3 Å². The second-order valence-corrected chi connectivity index (χ2v) is 9.48. The smallest absolute Gasteiger partial charge is 0.337 e. The van der Waals surface area contributed by atoms with Crippen LogP contribution in [0.25, 0.3) is 10.1 Å². The molecule has 3 N–H and O–H groups in total. The van der Waals surface area contributed by atoms with Gasteiger partial charge < -0.3 is 15.7 Å². The number of anilines is 2. The molecule has 0 bridgehead atoms. The Morgan fingerprint density at radius 2 is 1.82 bits per heavy atom. The summed E-state index contributed by atoms with van der Waals surface area (Å²) in [7, 11) is 0. The highest BCUT2D eigenvalue weighted by Crippen LogP contribution is 2.37. The van der Waals surface area contributed by atoms with Crippen LogP contribution in [0.1, 0.15) is 50.0 Å². The zero-order valence-electron chi connectivity index (χ0n) is 17.6. The number of halogens is 1. The lowest BCUT2D eigenvalue weighted by Gasteiger charge is -2.27. The normalized spacial score (nSPS) is 15.1. The fourth-order valence-corrected chi connectivity index (χ4v) is 5.78. The molecule has 0 radical (unpaired) electrons. The van der Waals surface area contributed by atoms with Crippen LogP contribution >= 0.6 is 22.9 Å². The minimum atomic E-state index is -1.11. The van der Waals surface area contributed by atoms with E-state index >= 15 is 0 Å². The van der Waals surface area contributed by atoms with Gasteiger partial charge in [0.2, 0.25) is 0 Å². The first-order valence-corrected chi connectivity index (χ1v) is 11.9. The van der Waals surface area contributed by atoms with Gasteiger partial charge in [0, 0.05) is 15.8 Å². The fourth-order valence-electron chi connectivity index (χ4n) is 4.37. The van der Waals surface area contributed by atoms with E-state index in [4.69, 9.17) is 11.6 Å². The van der Waals surface area contributed by atoms with Gasteiger partial charge in [0.05, 0.1) is 22.3 Å². The van der Waals surface area contributed by atoms with Crippen molar-refractivity contribution >= 4 is 56.3 Å². The summed E-state index contributed by atoms with van der Waals surface area (Å²) < 4.78 is 0.900. The summed E-state index contributed by atoms with van der Waals surface area (Å²) in [5.74, 6) is -1.54. The third kappa shape index (κ3) is 4.19. The van der Waals surface area contributed by atoms with Gasteiger partial charge in [-0.2, -0.15) is 0 Å². The van der Waals surface area contributed by atoms with E-state index in [0.29, 0.717) is 9.90 Å². The van der Waals surface area contributed by atoms with Crippen LogP contribution in [0, 0.1) is 0 Å². The molecule has 0 aliphatic heterocycles. The Bertz CT molecular complexity index is 1380. The van der Waals surface area contributed by atoms with Crippen molar-refractivity contribution in [1.29, 1.82) is 0 Å². The van der Waals surface area contributed by atoms with Gasteiger partial charge in [-0.05, 0) is 54.7 Å². The molecule has 5 rings (SSSR count). The molecule has 166 valence electrons. The monoisotopic (exact) mass is 476 g/mol. The highest BCUT2D eigenvalue weighted by Gasteiger charge is 2.22. The van der Waals surface area contributed by atoms with E-state index in [1.165, 1.54) is 28.5 Å². The van der Waals surface area contributed by atoms with Gasteiger partial charge in [0.15, 0.2) is 0 Å². The third-order valence-electron chi connectivity index (χ3n) is 5.95. The quantitative estimate of drug-likeness (QED) is 0.290. The number of nitrogens with one attached hydrogen (secondary N) is 2. The van der Waals surface area contributed by atoms with E-state index in [2.05, 4.69) is 28.8 Å². The number of thiophene rings is 1. The summed E-state index contributed by atoms with van der Waals surface area (Å²) in [5.41, 5.74) is 3.59. The summed E-state index contributed by atoms with van der Waals surface area (Å²) in [5, 5.41) is 17.1. The van der Waals surface area contributed by atoms with Gasteiger partial charge in [0.25, 0.3) is 5.91 Å². The first-order valence-electron chi connectivity index (χ1n) is 10.7. The van der Waals surface area contributed by atoms with Gasteiger partial charge in [-0.1, -0.05) is 54.1 Å². The van der Waals surface area contributed by atoms with Crippen LogP contribution in [-0.2, 0) is 6.42 Å². The van der Waals surface area contributed by atoms with Crippen molar-refractivity contribution in [2.45, 2.75) is 25.3 Å².